The molecule has 4 aromatic rings. The smallest absolute Gasteiger partial charge is 0.118 e. The summed E-state index contributed by atoms with van der Waals surface area (Å²) >= 11 is 0. The average Bonchev–Trinajstić information content (AvgIpc) is 3.52. The summed E-state index contributed by atoms with van der Waals surface area (Å²) in [4.78, 5) is 7.88. The topological polar surface area (TPSA) is 51.0 Å². The molecule has 5 nitrogen and oxygen atoms in total. The Bertz CT molecular complexity index is 1290. The molecule has 7 heteroatoms. The minimum Gasteiger partial charge on any atom is -0.357 e. The Morgan fingerprint density at radius 1 is 1.14 bits per heavy atom. The van der Waals surface area contributed by atoms with Crippen LogP contribution in [0.2, 0.25) is 0 Å². The van der Waals surface area contributed by atoms with Crippen molar-refractivity contribution in [2.75, 3.05) is 19.6 Å². The maximum Gasteiger partial charge on any atom is 0.118 e. The zero-order valence-corrected chi connectivity index (χ0v) is 20.8. The molecule has 1 saturated heterocycles. The van der Waals surface area contributed by atoms with E-state index in [4.69, 9.17) is 0 Å². The van der Waals surface area contributed by atoms with Crippen LogP contribution < -0.4 is 0 Å². The van der Waals surface area contributed by atoms with Gasteiger partial charge in [0, 0.05) is 60.7 Å². The van der Waals surface area contributed by atoms with Gasteiger partial charge < -0.3 is 4.98 Å². The molecule has 2 unspecified atom stereocenters. The third-order valence-corrected chi connectivity index (χ3v) is 7.09. The van der Waals surface area contributed by atoms with Crippen molar-refractivity contribution in [2.24, 2.45) is 0 Å². The zero-order chi connectivity index (χ0) is 24.6. The molecule has 4 heterocycles. The van der Waals surface area contributed by atoms with Crippen LogP contribution in [0.15, 0.2) is 48.7 Å². The molecule has 2 aliphatic heterocycles. The first-order valence-corrected chi connectivity index (χ1v) is 12.5. The number of para-hydroxylation sites is 1. The molecule has 2 N–H and O–H groups in total. The zero-order valence-electron chi connectivity index (χ0n) is 20.8. The Morgan fingerprint density at radius 3 is 2.74 bits per heavy atom. The number of likely N-dealkylation sites (tertiary alicyclic amines) is 1. The summed E-state index contributed by atoms with van der Waals surface area (Å²) in [7, 11) is 0. The second-order valence-electron chi connectivity index (χ2n) is 10.7. The van der Waals surface area contributed by atoms with Gasteiger partial charge in [-0.25, -0.2) is 8.78 Å². The Balaban J connectivity index is 0.000000147. The number of H-pyrrole nitrogens is 2. The number of aromatic amines is 2. The Morgan fingerprint density at radius 2 is 1.97 bits per heavy atom. The fraction of sp³-hybridized carbons (Fsp3) is 0.464. The number of halogens is 2. The predicted molar refractivity (Wildman–Crippen MR) is 138 cm³/mol. The number of benzene rings is 2. The highest BCUT2D eigenvalue weighted by molar-refractivity contribution is 5.85. The van der Waals surface area contributed by atoms with E-state index in [9.17, 15) is 8.78 Å². The standard InChI is InChI=1S/C16H21FN2.C12H14FN3/c1-11-8-13-12-6-4-5-7-14(12)18-15(13)9-19(11)10-16(2,3)17;13-11-3-4-16(8-11)7-9-1-2-10-6-14-15-12(10)5-9/h4-7,11,18H,8-10H2,1-3H3;1-2,5-6,11H,3-4,7-8H2,(H,14,15). The number of hydrogen-bond acceptors (Lipinski definition) is 3. The number of nitrogens with zero attached hydrogens (tertiary/aromatic N) is 3. The van der Waals surface area contributed by atoms with Crippen molar-refractivity contribution in [3.05, 3.63) is 65.5 Å². The first-order valence-electron chi connectivity index (χ1n) is 12.5. The van der Waals surface area contributed by atoms with Crippen LogP contribution in [0.1, 0.15) is 44.0 Å². The van der Waals surface area contributed by atoms with Crippen molar-refractivity contribution >= 4 is 21.8 Å². The van der Waals surface area contributed by atoms with Crippen molar-refractivity contribution in [1.29, 1.82) is 0 Å². The van der Waals surface area contributed by atoms with Crippen LogP contribution in [0.3, 0.4) is 0 Å². The van der Waals surface area contributed by atoms with E-state index in [1.54, 1.807) is 13.8 Å². The summed E-state index contributed by atoms with van der Waals surface area (Å²) in [6.45, 7) is 9.07. The van der Waals surface area contributed by atoms with Gasteiger partial charge in [-0.05, 0) is 56.9 Å². The van der Waals surface area contributed by atoms with Gasteiger partial charge in [-0.2, -0.15) is 5.10 Å². The summed E-state index contributed by atoms with van der Waals surface area (Å²) in [5.41, 5.74) is 4.98. The minimum absolute atomic E-state index is 0.390. The molecule has 0 saturated carbocycles. The number of hydrogen-bond donors (Lipinski definition) is 2. The second kappa shape index (κ2) is 9.70. The highest BCUT2D eigenvalue weighted by Gasteiger charge is 2.30. The molecular formula is C28H35F2N5. The van der Waals surface area contributed by atoms with Crippen LogP contribution in [0.25, 0.3) is 21.8 Å². The third-order valence-electron chi connectivity index (χ3n) is 7.09. The van der Waals surface area contributed by atoms with Gasteiger partial charge in [0.2, 0.25) is 0 Å². The van der Waals surface area contributed by atoms with Crippen LogP contribution in [0.5, 0.6) is 0 Å². The van der Waals surface area contributed by atoms with Crippen LogP contribution >= 0.6 is 0 Å². The van der Waals surface area contributed by atoms with Gasteiger partial charge in [0.05, 0.1) is 11.7 Å². The summed E-state index contributed by atoms with van der Waals surface area (Å²) in [6.07, 6.45) is 2.84. The molecule has 0 radical (unpaired) electrons. The SMILES string of the molecule is CC1Cc2c([nH]c3ccccc23)CN1CC(C)(C)F.FC1CCN(Cc2ccc3cn[nH]c3c2)C1. The van der Waals surface area contributed by atoms with Crippen molar-refractivity contribution in [1.82, 2.24) is 25.0 Å². The monoisotopic (exact) mass is 479 g/mol. The highest BCUT2D eigenvalue weighted by atomic mass is 19.1. The van der Waals surface area contributed by atoms with Gasteiger partial charge in [0.25, 0.3) is 0 Å². The Hall–Kier alpha value is -2.77. The number of nitrogens with one attached hydrogen (secondary N) is 2. The van der Waals surface area contributed by atoms with E-state index in [2.05, 4.69) is 74.4 Å². The molecule has 0 aliphatic carbocycles. The van der Waals surface area contributed by atoms with E-state index < -0.39 is 11.8 Å². The first kappa shape index (κ1) is 23.9. The lowest BCUT2D eigenvalue weighted by Gasteiger charge is -2.36. The van der Waals surface area contributed by atoms with Crippen LogP contribution in [-0.4, -0.2) is 62.5 Å². The third kappa shape index (κ3) is 5.57. The molecule has 6 rings (SSSR count). The number of aromatic nitrogens is 3. The molecule has 2 aromatic heterocycles. The van der Waals surface area contributed by atoms with Crippen LogP contribution in [-0.2, 0) is 19.5 Å². The molecule has 0 bridgehead atoms. The van der Waals surface area contributed by atoms with Crippen LogP contribution in [0, 0.1) is 0 Å². The van der Waals surface area contributed by atoms with Gasteiger partial charge in [-0.15, -0.1) is 0 Å². The van der Waals surface area contributed by atoms with E-state index in [-0.39, 0.29) is 0 Å². The largest absolute Gasteiger partial charge is 0.357 e. The molecule has 35 heavy (non-hydrogen) atoms. The maximum atomic E-state index is 13.9. The average molecular weight is 480 g/mol. The lowest BCUT2D eigenvalue weighted by Crippen LogP contribution is -2.44. The van der Waals surface area contributed by atoms with Gasteiger partial charge in [0.15, 0.2) is 0 Å². The lowest BCUT2D eigenvalue weighted by molar-refractivity contribution is 0.0853. The van der Waals surface area contributed by atoms with Crippen molar-refractivity contribution in [2.45, 2.75) is 64.6 Å². The number of alkyl halides is 2. The van der Waals surface area contributed by atoms with Crippen molar-refractivity contribution < 1.29 is 8.78 Å². The number of fused-ring (bicyclic) bond motifs is 4. The quantitative estimate of drug-likeness (QED) is 0.391. The predicted octanol–water partition coefficient (Wildman–Crippen LogP) is 5.77. The minimum atomic E-state index is -1.14. The molecule has 0 amide bonds. The van der Waals surface area contributed by atoms with E-state index >= 15 is 0 Å². The Labute approximate surface area is 205 Å². The summed E-state index contributed by atoms with van der Waals surface area (Å²) in [5, 5.41) is 9.38. The fourth-order valence-electron chi connectivity index (χ4n) is 5.37. The van der Waals surface area contributed by atoms with Gasteiger partial charge in [-0.1, -0.05) is 30.3 Å². The van der Waals surface area contributed by atoms with E-state index in [1.807, 2.05) is 6.20 Å². The highest BCUT2D eigenvalue weighted by Crippen LogP contribution is 2.31. The summed E-state index contributed by atoms with van der Waals surface area (Å²) in [6, 6.07) is 15.0. The van der Waals surface area contributed by atoms with Gasteiger partial charge in [-0.3, -0.25) is 14.9 Å². The van der Waals surface area contributed by atoms with Crippen molar-refractivity contribution in [3.8, 4) is 0 Å². The van der Waals surface area contributed by atoms with Gasteiger partial charge in [0.1, 0.15) is 11.8 Å². The first-order chi connectivity index (χ1) is 16.7. The summed E-state index contributed by atoms with van der Waals surface area (Å²) < 4.78 is 26.9. The lowest BCUT2D eigenvalue weighted by atomic mass is 9.96. The molecule has 0 spiro atoms. The van der Waals surface area contributed by atoms with Gasteiger partial charge >= 0.3 is 0 Å². The van der Waals surface area contributed by atoms with Crippen molar-refractivity contribution in [3.63, 3.8) is 0 Å². The fourth-order valence-corrected chi connectivity index (χ4v) is 5.37. The Kier molecular flexibility index (Phi) is 6.64. The number of rotatable bonds is 4. The van der Waals surface area contributed by atoms with E-state index in [0.717, 1.165) is 37.0 Å². The molecular weight excluding hydrogens is 444 g/mol. The molecule has 2 aliphatic rings. The summed E-state index contributed by atoms with van der Waals surface area (Å²) in [5.74, 6) is 0. The van der Waals surface area contributed by atoms with Crippen LogP contribution in [0.4, 0.5) is 8.78 Å². The normalized spacial score (nSPS) is 21.3. The maximum absolute atomic E-state index is 13.9. The van der Waals surface area contributed by atoms with E-state index in [0.29, 0.717) is 25.6 Å². The van der Waals surface area contributed by atoms with E-state index in [1.165, 1.54) is 27.7 Å². The molecule has 2 atom stereocenters. The molecule has 186 valence electrons. The molecule has 2 aromatic carbocycles. The second-order valence-corrected chi connectivity index (χ2v) is 10.7. The molecule has 1 fully saturated rings.